The van der Waals surface area contributed by atoms with Gasteiger partial charge in [0.1, 0.15) is 11.2 Å². The van der Waals surface area contributed by atoms with Crippen molar-refractivity contribution in [2.24, 2.45) is 0 Å². The summed E-state index contributed by atoms with van der Waals surface area (Å²) in [6.07, 6.45) is 0. The summed E-state index contributed by atoms with van der Waals surface area (Å²) in [4.78, 5) is 2.45. The molecule has 0 saturated heterocycles. The Kier molecular flexibility index (Phi) is 5.78. The van der Waals surface area contributed by atoms with E-state index in [-0.39, 0.29) is 0 Å². The molecule has 0 radical (unpaired) electrons. The van der Waals surface area contributed by atoms with Crippen molar-refractivity contribution in [3.05, 3.63) is 164 Å². The van der Waals surface area contributed by atoms with Crippen LogP contribution in [0.15, 0.2) is 168 Å². The van der Waals surface area contributed by atoms with Gasteiger partial charge in [-0.3, -0.25) is 0 Å². The summed E-state index contributed by atoms with van der Waals surface area (Å²) in [6, 6.07) is 59.0. The van der Waals surface area contributed by atoms with Crippen molar-refractivity contribution < 1.29 is 4.42 Å². The van der Waals surface area contributed by atoms with Crippen LogP contribution in [0.5, 0.6) is 0 Å². The Bertz CT molecular complexity index is 2820. The summed E-state index contributed by atoms with van der Waals surface area (Å²) in [5.41, 5.74) is 7.56. The maximum absolute atomic E-state index is 6.70. The molecule has 8 aromatic carbocycles. The number of para-hydroxylation sites is 1. The normalized spacial score (nSPS) is 11.8. The number of fused-ring (bicyclic) bond motifs is 9. The van der Waals surface area contributed by atoms with E-state index in [2.05, 4.69) is 169 Å². The highest BCUT2D eigenvalue weighted by Crippen LogP contribution is 2.50. The molecule has 0 aliphatic heterocycles. The third kappa shape index (κ3) is 3.97. The average Bonchev–Trinajstić information content (AvgIpc) is 3.72. The predicted molar refractivity (Wildman–Crippen MR) is 202 cm³/mol. The molecule has 0 unspecified atom stereocenters. The van der Waals surface area contributed by atoms with Crippen molar-refractivity contribution in [2.75, 3.05) is 4.90 Å². The van der Waals surface area contributed by atoms with Crippen molar-refractivity contribution >= 4 is 92.1 Å². The second-order valence-electron chi connectivity index (χ2n) is 12.0. The van der Waals surface area contributed by atoms with Gasteiger partial charge in [0.15, 0.2) is 0 Å². The van der Waals surface area contributed by atoms with Crippen LogP contribution in [0.4, 0.5) is 17.1 Å². The molecule has 0 atom stereocenters. The van der Waals surface area contributed by atoms with Gasteiger partial charge in [-0.2, -0.15) is 0 Å². The van der Waals surface area contributed by atoms with E-state index in [0.29, 0.717) is 0 Å². The van der Waals surface area contributed by atoms with E-state index in [0.717, 1.165) is 44.4 Å². The van der Waals surface area contributed by atoms with E-state index in [1.54, 1.807) is 0 Å². The van der Waals surface area contributed by atoms with Crippen LogP contribution >= 0.6 is 11.3 Å². The van der Waals surface area contributed by atoms with Gasteiger partial charge in [-0.05, 0) is 47.2 Å². The van der Waals surface area contributed by atoms with Gasteiger partial charge in [0, 0.05) is 47.5 Å². The molecule has 0 fully saturated rings. The summed E-state index contributed by atoms with van der Waals surface area (Å²) in [5, 5.41) is 9.52. The van der Waals surface area contributed by atoms with Crippen LogP contribution in [-0.2, 0) is 0 Å². The summed E-state index contributed by atoms with van der Waals surface area (Å²) < 4.78 is 9.31. The van der Waals surface area contributed by atoms with Crippen molar-refractivity contribution in [3.8, 4) is 11.1 Å². The molecule has 47 heavy (non-hydrogen) atoms. The molecule has 2 heterocycles. The van der Waals surface area contributed by atoms with Crippen molar-refractivity contribution in [1.82, 2.24) is 0 Å². The highest BCUT2D eigenvalue weighted by Gasteiger charge is 2.24. The van der Waals surface area contributed by atoms with Gasteiger partial charge in [-0.1, -0.05) is 127 Å². The topological polar surface area (TPSA) is 16.4 Å². The number of benzene rings is 8. The molecular weight excluding hydrogens is 591 g/mol. The van der Waals surface area contributed by atoms with Gasteiger partial charge < -0.3 is 9.32 Å². The minimum Gasteiger partial charge on any atom is -0.455 e. The van der Waals surface area contributed by atoms with Crippen molar-refractivity contribution in [2.45, 2.75) is 0 Å². The molecule has 0 aliphatic rings. The van der Waals surface area contributed by atoms with Gasteiger partial charge in [0.05, 0.1) is 22.4 Å². The SMILES string of the molecule is c1ccc(N(c2cccc3ccccc23)c2cccc3oc4c5ccccc5ccc4c23)c(-c2cccc3c2sc2ccccc23)c1. The standard InChI is InChI=1S/C44H27NOS/c1-3-15-30-28(12-1)14-9-22-37(30)45(39-23-11-24-40-42(39)36-27-26-29-13-2-4-16-31(29)43(36)46-40)38-21-7-5-17-32(38)34-19-10-20-35-33-18-6-8-25-41(33)47-44(34)35/h1-27H. The third-order valence-corrected chi connectivity index (χ3v) is 10.7. The first-order valence-electron chi connectivity index (χ1n) is 15.9. The molecule has 0 bridgehead atoms. The van der Waals surface area contributed by atoms with E-state index >= 15 is 0 Å². The molecule has 0 spiro atoms. The van der Waals surface area contributed by atoms with Crippen LogP contribution in [0, 0.1) is 0 Å². The number of rotatable bonds is 4. The zero-order valence-corrected chi connectivity index (χ0v) is 26.2. The quantitative estimate of drug-likeness (QED) is 0.195. The lowest BCUT2D eigenvalue weighted by Crippen LogP contribution is -2.12. The second-order valence-corrected chi connectivity index (χ2v) is 13.1. The van der Waals surface area contributed by atoms with Crippen molar-refractivity contribution in [1.29, 1.82) is 0 Å². The molecule has 220 valence electrons. The Morgan fingerprint density at radius 3 is 1.94 bits per heavy atom. The number of thiophene rings is 1. The molecule has 10 rings (SSSR count). The number of furan rings is 1. The summed E-state index contributed by atoms with van der Waals surface area (Å²) >= 11 is 1.87. The van der Waals surface area contributed by atoms with Gasteiger partial charge in [0.2, 0.25) is 0 Å². The Balaban J connectivity index is 1.32. The molecular formula is C44H27NOS. The fourth-order valence-electron chi connectivity index (χ4n) is 7.37. The molecule has 10 aromatic rings. The monoisotopic (exact) mass is 617 g/mol. The van der Waals surface area contributed by atoms with Crippen molar-refractivity contribution in [3.63, 3.8) is 0 Å². The lowest BCUT2D eigenvalue weighted by Gasteiger charge is -2.29. The summed E-state index contributed by atoms with van der Waals surface area (Å²) in [5.74, 6) is 0. The number of nitrogens with zero attached hydrogens (tertiary/aromatic N) is 1. The lowest BCUT2D eigenvalue weighted by molar-refractivity contribution is 0.672. The highest BCUT2D eigenvalue weighted by atomic mass is 32.1. The molecule has 2 nitrogen and oxygen atoms in total. The number of anilines is 3. The third-order valence-electron chi connectivity index (χ3n) is 9.45. The van der Waals surface area contributed by atoms with E-state index in [1.807, 2.05) is 11.3 Å². The van der Waals surface area contributed by atoms with Gasteiger partial charge in [-0.25, -0.2) is 0 Å². The predicted octanol–water partition coefficient (Wildman–Crippen LogP) is 13.4. The second kappa shape index (κ2) is 10.3. The molecule has 0 amide bonds. The van der Waals surface area contributed by atoms with Gasteiger partial charge in [0.25, 0.3) is 0 Å². The van der Waals surface area contributed by atoms with Crippen LogP contribution in [0.2, 0.25) is 0 Å². The van der Waals surface area contributed by atoms with Crippen LogP contribution in [0.1, 0.15) is 0 Å². The molecule has 3 heteroatoms. The largest absolute Gasteiger partial charge is 0.455 e. The molecule has 2 aromatic heterocycles. The molecule has 0 aliphatic carbocycles. The maximum Gasteiger partial charge on any atom is 0.143 e. The first-order valence-corrected chi connectivity index (χ1v) is 16.8. The van der Waals surface area contributed by atoms with E-state index in [9.17, 15) is 0 Å². The number of hydrogen-bond acceptors (Lipinski definition) is 3. The van der Waals surface area contributed by atoms with Gasteiger partial charge in [-0.15, -0.1) is 11.3 Å². The van der Waals surface area contributed by atoms with Crippen LogP contribution in [0.25, 0.3) is 74.8 Å². The Labute approximate surface area is 275 Å². The van der Waals surface area contributed by atoms with E-state index in [4.69, 9.17) is 4.42 Å². The zero-order chi connectivity index (χ0) is 30.9. The minimum absolute atomic E-state index is 0.878. The van der Waals surface area contributed by atoms with Gasteiger partial charge >= 0.3 is 0 Å². The first-order chi connectivity index (χ1) is 23.3. The van der Waals surface area contributed by atoms with Crippen LogP contribution in [0.3, 0.4) is 0 Å². The fraction of sp³-hybridized carbons (Fsp3) is 0. The Morgan fingerprint density at radius 1 is 0.404 bits per heavy atom. The van der Waals surface area contributed by atoms with Crippen LogP contribution < -0.4 is 4.90 Å². The number of hydrogen-bond donors (Lipinski definition) is 0. The fourth-order valence-corrected chi connectivity index (χ4v) is 8.60. The highest BCUT2D eigenvalue weighted by molar-refractivity contribution is 7.26. The smallest absolute Gasteiger partial charge is 0.143 e. The maximum atomic E-state index is 6.70. The zero-order valence-electron chi connectivity index (χ0n) is 25.4. The van der Waals surface area contributed by atoms with E-state index < -0.39 is 0 Å². The minimum atomic E-state index is 0.878. The summed E-state index contributed by atoms with van der Waals surface area (Å²) in [7, 11) is 0. The summed E-state index contributed by atoms with van der Waals surface area (Å²) in [6.45, 7) is 0. The lowest BCUT2D eigenvalue weighted by atomic mass is 9.98. The molecule has 0 saturated carbocycles. The van der Waals surface area contributed by atoms with Crippen LogP contribution in [-0.4, -0.2) is 0 Å². The molecule has 0 N–H and O–H groups in total. The Morgan fingerprint density at radius 2 is 1.02 bits per heavy atom. The first kappa shape index (κ1) is 26.3. The van der Waals surface area contributed by atoms with E-state index in [1.165, 1.54) is 47.5 Å². The Hall–Kier alpha value is -5.90. The average molecular weight is 618 g/mol.